The van der Waals surface area contributed by atoms with Crippen LogP contribution in [0.1, 0.15) is 24.5 Å². The van der Waals surface area contributed by atoms with Crippen LogP contribution in [0.5, 0.6) is 0 Å². The SMILES string of the molecule is C=CCCOC(C)C(=O)NCCSCc1ccccc1C#N. The van der Waals surface area contributed by atoms with Gasteiger partial charge in [0.05, 0.1) is 18.2 Å². The predicted octanol–water partition coefficient (Wildman–Crippen LogP) is 2.89. The molecule has 0 aliphatic heterocycles. The second-order valence-electron chi connectivity index (χ2n) is 4.70. The molecule has 1 unspecified atom stereocenters. The molecule has 0 aliphatic carbocycles. The predicted molar refractivity (Wildman–Crippen MR) is 90.6 cm³/mol. The zero-order valence-electron chi connectivity index (χ0n) is 12.9. The number of hydrogen-bond acceptors (Lipinski definition) is 4. The summed E-state index contributed by atoms with van der Waals surface area (Å²) in [4.78, 5) is 11.8. The molecule has 4 nitrogen and oxygen atoms in total. The molecule has 0 saturated carbocycles. The van der Waals surface area contributed by atoms with Crippen LogP contribution in [0.15, 0.2) is 36.9 Å². The fraction of sp³-hybridized carbons (Fsp3) is 0.412. The number of nitrogens with zero attached hydrogens (tertiary/aromatic N) is 1. The molecule has 1 aromatic carbocycles. The van der Waals surface area contributed by atoms with Crippen LogP contribution in [0, 0.1) is 11.3 Å². The monoisotopic (exact) mass is 318 g/mol. The minimum atomic E-state index is -0.440. The highest BCUT2D eigenvalue weighted by atomic mass is 32.2. The van der Waals surface area contributed by atoms with Gasteiger partial charge in [0.1, 0.15) is 6.10 Å². The van der Waals surface area contributed by atoms with Gasteiger partial charge in [0.25, 0.3) is 0 Å². The van der Waals surface area contributed by atoms with Crippen molar-refractivity contribution < 1.29 is 9.53 Å². The number of amides is 1. The maximum atomic E-state index is 11.8. The average Bonchev–Trinajstić information content (AvgIpc) is 2.54. The summed E-state index contributed by atoms with van der Waals surface area (Å²) in [6, 6.07) is 9.76. The fourth-order valence-electron chi connectivity index (χ4n) is 1.73. The third-order valence-corrected chi connectivity index (χ3v) is 4.01. The van der Waals surface area contributed by atoms with Crippen LogP contribution in [0.4, 0.5) is 0 Å². The number of thioether (sulfide) groups is 1. The molecule has 0 bridgehead atoms. The maximum Gasteiger partial charge on any atom is 0.248 e. The van der Waals surface area contributed by atoms with Crippen molar-refractivity contribution in [1.82, 2.24) is 5.32 Å². The van der Waals surface area contributed by atoms with Gasteiger partial charge in [0, 0.05) is 18.1 Å². The van der Waals surface area contributed by atoms with Crippen molar-refractivity contribution in [2.75, 3.05) is 18.9 Å². The lowest BCUT2D eigenvalue weighted by Gasteiger charge is -2.12. The third-order valence-electron chi connectivity index (χ3n) is 3.00. The zero-order chi connectivity index (χ0) is 16.2. The molecule has 1 atom stereocenters. The summed E-state index contributed by atoms with van der Waals surface area (Å²) in [5.41, 5.74) is 1.74. The summed E-state index contributed by atoms with van der Waals surface area (Å²) in [5.74, 6) is 1.47. The summed E-state index contributed by atoms with van der Waals surface area (Å²) in [6.45, 7) is 6.45. The molecule has 0 spiro atoms. The molecule has 1 N–H and O–H groups in total. The quantitative estimate of drug-likeness (QED) is 0.532. The molecule has 0 saturated heterocycles. The number of rotatable bonds is 10. The molecule has 1 amide bonds. The van der Waals surface area contributed by atoms with Gasteiger partial charge in [-0.05, 0) is 25.0 Å². The number of ether oxygens (including phenoxy) is 1. The third kappa shape index (κ3) is 6.79. The Morgan fingerprint density at radius 2 is 2.32 bits per heavy atom. The van der Waals surface area contributed by atoms with E-state index in [1.807, 2.05) is 24.3 Å². The van der Waals surface area contributed by atoms with E-state index < -0.39 is 6.10 Å². The number of nitrogens with one attached hydrogen (secondary N) is 1. The van der Waals surface area contributed by atoms with Gasteiger partial charge in [-0.25, -0.2) is 0 Å². The molecule has 118 valence electrons. The van der Waals surface area contributed by atoms with E-state index in [1.54, 1.807) is 24.8 Å². The molecule has 0 radical (unpaired) electrons. The lowest BCUT2D eigenvalue weighted by molar-refractivity contribution is -0.131. The normalized spacial score (nSPS) is 11.5. The van der Waals surface area contributed by atoms with E-state index in [-0.39, 0.29) is 5.91 Å². The van der Waals surface area contributed by atoms with E-state index in [9.17, 15) is 4.79 Å². The van der Waals surface area contributed by atoms with Gasteiger partial charge in [-0.3, -0.25) is 4.79 Å². The first-order chi connectivity index (χ1) is 10.7. The highest BCUT2D eigenvalue weighted by Gasteiger charge is 2.11. The van der Waals surface area contributed by atoms with Crippen molar-refractivity contribution in [3.8, 4) is 6.07 Å². The first-order valence-corrected chi connectivity index (χ1v) is 8.40. The molecule has 5 heteroatoms. The molecular formula is C17H22N2O2S. The Bertz CT molecular complexity index is 526. The number of benzene rings is 1. The summed E-state index contributed by atoms with van der Waals surface area (Å²) in [5, 5.41) is 11.9. The van der Waals surface area contributed by atoms with Gasteiger partial charge in [-0.2, -0.15) is 17.0 Å². The van der Waals surface area contributed by atoms with Crippen LogP contribution in [0.2, 0.25) is 0 Å². The first kappa shape index (κ1) is 18.3. The van der Waals surface area contributed by atoms with E-state index in [2.05, 4.69) is 18.0 Å². The van der Waals surface area contributed by atoms with Crippen LogP contribution >= 0.6 is 11.8 Å². The number of hydrogen-bond donors (Lipinski definition) is 1. The van der Waals surface area contributed by atoms with Crippen LogP contribution in [-0.4, -0.2) is 30.9 Å². The number of carbonyl (C=O) groups is 1. The van der Waals surface area contributed by atoms with Crippen LogP contribution in [0.3, 0.4) is 0 Å². The second-order valence-corrected chi connectivity index (χ2v) is 5.81. The molecule has 0 heterocycles. The molecular weight excluding hydrogens is 296 g/mol. The van der Waals surface area contributed by atoms with Gasteiger partial charge >= 0.3 is 0 Å². The lowest BCUT2D eigenvalue weighted by Crippen LogP contribution is -2.35. The Hall–Kier alpha value is -1.77. The van der Waals surface area contributed by atoms with Gasteiger partial charge in [-0.15, -0.1) is 6.58 Å². The van der Waals surface area contributed by atoms with E-state index in [0.29, 0.717) is 18.7 Å². The highest BCUT2D eigenvalue weighted by molar-refractivity contribution is 7.98. The Balaban J connectivity index is 2.18. The van der Waals surface area contributed by atoms with Crippen molar-refractivity contribution in [1.29, 1.82) is 5.26 Å². The van der Waals surface area contributed by atoms with Gasteiger partial charge in [-0.1, -0.05) is 24.3 Å². The van der Waals surface area contributed by atoms with E-state index in [4.69, 9.17) is 10.00 Å². The van der Waals surface area contributed by atoms with Crippen LogP contribution < -0.4 is 5.32 Å². The van der Waals surface area contributed by atoms with E-state index in [0.717, 1.165) is 23.5 Å². The van der Waals surface area contributed by atoms with Crippen molar-refractivity contribution in [2.24, 2.45) is 0 Å². The van der Waals surface area contributed by atoms with Gasteiger partial charge < -0.3 is 10.1 Å². The van der Waals surface area contributed by atoms with Crippen molar-refractivity contribution in [2.45, 2.75) is 25.2 Å². The number of nitriles is 1. The standard InChI is InChI=1S/C17H22N2O2S/c1-3-4-10-21-14(2)17(20)19-9-11-22-13-16-8-6-5-7-15(16)12-18/h3,5-8,14H,1,4,9-11,13H2,2H3,(H,19,20). The fourth-order valence-corrected chi connectivity index (χ4v) is 2.59. The molecule has 1 aromatic rings. The van der Waals surface area contributed by atoms with E-state index >= 15 is 0 Å². The summed E-state index contributed by atoms with van der Waals surface area (Å²) in [7, 11) is 0. The van der Waals surface area contributed by atoms with Gasteiger partial charge in [0.15, 0.2) is 0 Å². The molecule has 0 aliphatic rings. The van der Waals surface area contributed by atoms with Crippen molar-refractivity contribution in [3.05, 3.63) is 48.0 Å². The van der Waals surface area contributed by atoms with E-state index in [1.165, 1.54) is 0 Å². The van der Waals surface area contributed by atoms with Crippen LogP contribution in [0.25, 0.3) is 0 Å². The Morgan fingerprint density at radius 3 is 3.05 bits per heavy atom. The maximum absolute atomic E-state index is 11.8. The summed E-state index contributed by atoms with van der Waals surface area (Å²) in [6.07, 6.45) is 2.07. The topological polar surface area (TPSA) is 62.1 Å². The first-order valence-electron chi connectivity index (χ1n) is 7.25. The molecule has 0 aromatic heterocycles. The smallest absolute Gasteiger partial charge is 0.248 e. The van der Waals surface area contributed by atoms with Crippen molar-refractivity contribution >= 4 is 17.7 Å². The molecule has 1 rings (SSSR count). The Kier molecular flexibility index (Phi) is 9.04. The Morgan fingerprint density at radius 1 is 1.55 bits per heavy atom. The van der Waals surface area contributed by atoms with Crippen molar-refractivity contribution in [3.63, 3.8) is 0 Å². The second kappa shape index (κ2) is 10.9. The summed E-state index contributed by atoms with van der Waals surface area (Å²) >= 11 is 1.69. The zero-order valence-corrected chi connectivity index (χ0v) is 13.7. The summed E-state index contributed by atoms with van der Waals surface area (Å²) < 4.78 is 5.37. The highest BCUT2D eigenvalue weighted by Crippen LogP contribution is 2.15. The molecule has 0 fully saturated rings. The molecule has 22 heavy (non-hydrogen) atoms. The Labute approximate surface area is 136 Å². The number of carbonyl (C=O) groups excluding carboxylic acids is 1. The largest absolute Gasteiger partial charge is 0.368 e. The van der Waals surface area contributed by atoms with Gasteiger partial charge in [0.2, 0.25) is 5.91 Å². The lowest BCUT2D eigenvalue weighted by atomic mass is 10.1. The minimum absolute atomic E-state index is 0.0953. The average molecular weight is 318 g/mol. The van der Waals surface area contributed by atoms with Crippen LogP contribution in [-0.2, 0) is 15.3 Å². The minimum Gasteiger partial charge on any atom is -0.368 e.